The molecule has 0 radical (unpaired) electrons. The van der Waals surface area contributed by atoms with Crippen molar-refractivity contribution in [1.29, 1.82) is 0 Å². The summed E-state index contributed by atoms with van der Waals surface area (Å²) in [6.07, 6.45) is -4.03. The van der Waals surface area contributed by atoms with Crippen LogP contribution in [0.5, 0.6) is 0 Å². The number of ether oxygens (including phenoxy) is 1. The van der Waals surface area contributed by atoms with Gasteiger partial charge < -0.3 is 9.16 Å². The van der Waals surface area contributed by atoms with E-state index >= 15 is 0 Å². The third-order valence-electron chi connectivity index (χ3n) is 10.1. The van der Waals surface area contributed by atoms with Crippen LogP contribution in [0.25, 0.3) is 0 Å². The number of pyridine rings is 2. The van der Waals surface area contributed by atoms with Crippen molar-refractivity contribution in [2.45, 2.75) is 138 Å². The first kappa shape index (κ1) is 34.2. The van der Waals surface area contributed by atoms with Gasteiger partial charge in [0.05, 0.1) is 21.3 Å². The molecule has 5 rings (SSSR count). The third-order valence-corrected chi connectivity index (χ3v) is 16.1. The van der Waals surface area contributed by atoms with Gasteiger partial charge in [-0.15, -0.1) is 0 Å². The summed E-state index contributed by atoms with van der Waals surface area (Å²) < 4.78 is 83.8. The molecule has 4 nitrogen and oxygen atoms in total. The topological polar surface area (TPSA) is 44.2 Å². The monoisotopic (exact) mass is 750 g/mol. The van der Waals surface area contributed by atoms with Crippen molar-refractivity contribution in [1.82, 2.24) is 9.97 Å². The van der Waals surface area contributed by atoms with Gasteiger partial charge in [-0.2, -0.15) is 13.2 Å². The lowest BCUT2D eigenvalue weighted by Gasteiger charge is -2.47. The molecular weight excluding hydrogens is 706 g/mol. The first-order valence-corrected chi connectivity index (χ1v) is 19.6. The van der Waals surface area contributed by atoms with E-state index in [1.807, 2.05) is 13.8 Å². The number of hydrogen-bond acceptors (Lipinski definition) is 4. The first-order chi connectivity index (χ1) is 20.0. The highest BCUT2D eigenvalue weighted by molar-refractivity contribution is 14.1. The van der Waals surface area contributed by atoms with Crippen molar-refractivity contribution in [3.63, 3.8) is 0 Å². The Morgan fingerprint density at radius 1 is 1.05 bits per heavy atom. The van der Waals surface area contributed by atoms with Gasteiger partial charge in [-0.1, -0.05) is 71.1 Å². The fourth-order valence-corrected chi connectivity index (χ4v) is 9.50. The van der Waals surface area contributed by atoms with E-state index in [-0.39, 0.29) is 41.7 Å². The summed E-state index contributed by atoms with van der Waals surface area (Å²) in [4.78, 5) is 9.54. The largest absolute Gasteiger partial charge is 0.417 e. The Morgan fingerprint density at radius 2 is 1.70 bits per heavy atom. The van der Waals surface area contributed by atoms with Crippen molar-refractivity contribution in [2.75, 3.05) is 0 Å². The third kappa shape index (κ3) is 6.00. The molecule has 4 atom stereocenters. The number of nitrogens with zero attached hydrogens (tertiary/aromatic N) is 2. The molecular formula is C33H44F5IN2O2Si. The summed E-state index contributed by atoms with van der Waals surface area (Å²) in [5.74, 6) is -2.88. The minimum atomic E-state index is -4.53. The van der Waals surface area contributed by atoms with Crippen molar-refractivity contribution < 1.29 is 31.1 Å². The van der Waals surface area contributed by atoms with Gasteiger partial charge in [0.15, 0.2) is 8.32 Å². The molecule has 2 aromatic heterocycles. The van der Waals surface area contributed by atoms with Gasteiger partial charge in [-0.25, -0.2) is 8.78 Å². The van der Waals surface area contributed by atoms with Crippen LogP contribution in [0.3, 0.4) is 0 Å². The van der Waals surface area contributed by atoms with E-state index in [1.54, 1.807) is 0 Å². The van der Waals surface area contributed by atoms with Crippen LogP contribution in [0.2, 0.25) is 18.1 Å². The van der Waals surface area contributed by atoms with E-state index in [9.17, 15) is 22.0 Å². The summed E-state index contributed by atoms with van der Waals surface area (Å²) in [6.45, 7) is 19.5. The average molecular weight is 751 g/mol. The summed E-state index contributed by atoms with van der Waals surface area (Å²) in [6, 6.07) is 2.37. The predicted molar refractivity (Wildman–Crippen MR) is 172 cm³/mol. The molecule has 0 N–H and O–H groups in total. The second-order valence-electron chi connectivity index (χ2n) is 15.6. The number of halogens is 6. The number of alkyl halides is 6. The van der Waals surface area contributed by atoms with Crippen LogP contribution >= 0.6 is 22.6 Å². The normalized spacial score (nSPS) is 28.3. The van der Waals surface area contributed by atoms with Crippen molar-refractivity contribution in [2.24, 2.45) is 5.41 Å². The van der Waals surface area contributed by atoms with E-state index in [0.29, 0.717) is 12.1 Å². The maximum atomic E-state index is 14.9. The van der Waals surface area contributed by atoms with Crippen LogP contribution in [0.4, 0.5) is 22.0 Å². The molecule has 44 heavy (non-hydrogen) atoms. The Bertz CT molecular complexity index is 1420. The second-order valence-corrected chi connectivity index (χ2v) is 21.9. The maximum Gasteiger partial charge on any atom is 0.417 e. The predicted octanol–water partition coefficient (Wildman–Crippen LogP) is 10.6. The quantitative estimate of drug-likeness (QED) is 0.135. The number of aromatic nitrogens is 2. The molecule has 3 heterocycles. The van der Waals surface area contributed by atoms with Gasteiger partial charge >= 0.3 is 6.18 Å². The van der Waals surface area contributed by atoms with Crippen LogP contribution in [0.15, 0.2) is 18.3 Å². The Morgan fingerprint density at radius 3 is 2.23 bits per heavy atom. The summed E-state index contributed by atoms with van der Waals surface area (Å²) in [5.41, 5.74) is 2.54. The number of hydrogen-bond donors (Lipinski definition) is 0. The molecule has 1 fully saturated rings. The lowest BCUT2D eigenvalue weighted by atomic mass is 9.68. The zero-order valence-electron chi connectivity index (χ0n) is 27.1. The molecule has 11 heteroatoms. The Labute approximate surface area is 272 Å². The van der Waals surface area contributed by atoms with Gasteiger partial charge in [0.2, 0.25) is 5.92 Å². The Kier molecular flexibility index (Phi) is 8.49. The highest BCUT2D eigenvalue weighted by atomic mass is 127. The summed E-state index contributed by atoms with van der Waals surface area (Å²) in [5, 5.41) is -0.0667. The highest BCUT2D eigenvalue weighted by Gasteiger charge is 2.60. The van der Waals surface area contributed by atoms with Crippen LogP contribution in [0.1, 0.15) is 132 Å². The minimum absolute atomic E-state index is 0.0489. The molecule has 3 unspecified atom stereocenters. The molecule has 1 saturated carbocycles. The number of rotatable bonds is 4. The average Bonchev–Trinajstić information content (AvgIpc) is 3.20. The summed E-state index contributed by atoms with van der Waals surface area (Å²) in [7, 11) is -2.31. The molecule has 2 aliphatic carbocycles. The number of fused-ring (bicyclic) bond motifs is 4. The molecule has 2 aromatic rings. The lowest BCUT2D eigenvalue weighted by molar-refractivity contribution is -0.138. The maximum absolute atomic E-state index is 14.9. The second kappa shape index (κ2) is 10.9. The van der Waals surface area contributed by atoms with Crippen LogP contribution in [-0.4, -0.2) is 28.1 Å². The van der Waals surface area contributed by atoms with Gasteiger partial charge in [0.25, 0.3) is 0 Å². The lowest BCUT2D eigenvalue weighted by Crippen LogP contribution is -2.48. The van der Waals surface area contributed by atoms with Crippen molar-refractivity contribution >= 4 is 30.9 Å². The fourth-order valence-electron chi connectivity index (χ4n) is 6.82. The Hall–Kier alpha value is -1.18. The van der Waals surface area contributed by atoms with Crippen molar-refractivity contribution in [3.05, 3.63) is 57.7 Å². The van der Waals surface area contributed by atoms with Gasteiger partial charge in [-0.3, -0.25) is 9.97 Å². The van der Waals surface area contributed by atoms with E-state index in [0.717, 1.165) is 46.8 Å². The smallest absolute Gasteiger partial charge is 0.410 e. The van der Waals surface area contributed by atoms with E-state index < -0.39 is 41.6 Å². The SMILES string of the molecule is CC(C)c1nc2c(c3c1[C@H](c1ccc(C(F)(F)F)cn1)OC31CCC(F)(F)CC1I)C(O[Si](C)(C)C(C)(C)C)CC(C)(C)C2. The zero-order chi connectivity index (χ0) is 32.8. The van der Waals surface area contributed by atoms with Gasteiger partial charge in [0.1, 0.15) is 11.7 Å². The Balaban J connectivity index is 1.80. The minimum Gasteiger partial charge on any atom is -0.410 e. The van der Waals surface area contributed by atoms with E-state index in [4.69, 9.17) is 14.1 Å². The first-order valence-electron chi connectivity index (χ1n) is 15.5. The zero-order valence-corrected chi connectivity index (χ0v) is 30.2. The van der Waals surface area contributed by atoms with E-state index in [1.165, 1.54) is 6.07 Å². The molecule has 0 aromatic carbocycles. The summed E-state index contributed by atoms with van der Waals surface area (Å²) >= 11 is 2.11. The highest BCUT2D eigenvalue weighted by Crippen LogP contribution is 2.62. The fraction of sp³-hybridized carbons (Fsp3) is 0.697. The molecule has 3 aliphatic rings. The van der Waals surface area contributed by atoms with Crippen LogP contribution in [0, 0.1) is 5.41 Å². The molecule has 0 saturated heterocycles. The van der Waals surface area contributed by atoms with Crippen LogP contribution < -0.4 is 0 Å². The van der Waals surface area contributed by atoms with Crippen molar-refractivity contribution in [3.8, 4) is 0 Å². The van der Waals surface area contributed by atoms with E-state index in [2.05, 4.69) is 75.3 Å². The molecule has 0 amide bonds. The van der Waals surface area contributed by atoms with Gasteiger partial charge in [-0.05, 0) is 60.9 Å². The molecule has 0 bridgehead atoms. The van der Waals surface area contributed by atoms with Crippen LogP contribution in [-0.2, 0) is 27.4 Å². The standard InChI is InChI=1S/C33H44F5IN2O2Si/c1-18(2)27-25-26(24-21(41-27)14-30(6,7)15-22(24)43-44(8,9)29(3,4)5)32(13-12-31(34,35)16-23(32)39)42-28(25)20-11-10-19(17-40-20)33(36,37)38/h10-11,17-18,22-23,28H,12-16H2,1-9H3/t22?,23?,28-,32?/m0/s1. The molecule has 244 valence electrons. The van der Waals surface area contributed by atoms with Gasteiger partial charge in [0, 0.05) is 47.1 Å². The molecule has 1 spiro atoms. The molecule has 1 aliphatic heterocycles.